The molecule has 0 spiro atoms. The minimum absolute atomic E-state index is 0.0433. The number of amides is 2. The quantitative estimate of drug-likeness (QED) is 0.460. The van der Waals surface area contributed by atoms with Gasteiger partial charge in [-0.05, 0) is 55.3 Å². The second-order valence-electron chi connectivity index (χ2n) is 9.11. The summed E-state index contributed by atoms with van der Waals surface area (Å²) < 4.78 is 48.8. The van der Waals surface area contributed by atoms with Crippen LogP contribution in [0.4, 0.5) is 18.0 Å². The van der Waals surface area contributed by atoms with Gasteiger partial charge in [-0.25, -0.2) is 4.79 Å². The van der Waals surface area contributed by atoms with Crippen LogP contribution in [-0.4, -0.2) is 77.8 Å². The van der Waals surface area contributed by atoms with Crippen molar-refractivity contribution in [2.75, 3.05) is 46.9 Å². The number of likely N-dealkylation sites (N-methyl/N-ethyl adjacent to an activating group) is 1. The predicted octanol–water partition coefficient (Wildman–Crippen LogP) is 4.48. The molecule has 0 bridgehead atoms. The first kappa shape index (κ1) is 26.5. The van der Waals surface area contributed by atoms with E-state index in [1.165, 1.54) is 0 Å². The third kappa shape index (κ3) is 6.40. The predicted molar refractivity (Wildman–Crippen MR) is 131 cm³/mol. The van der Waals surface area contributed by atoms with E-state index in [2.05, 4.69) is 15.1 Å². The number of aryl methyl sites for hydroxylation is 1. The molecule has 0 aliphatic carbocycles. The number of benzene rings is 2. The lowest BCUT2D eigenvalue weighted by Crippen LogP contribution is -2.52. The molecular formula is C26H30F3N5O3. The van der Waals surface area contributed by atoms with Gasteiger partial charge in [0.15, 0.2) is 0 Å². The zero-order valence-electron chi connectivity index (χ0n) is 21.1. The summed E-state index contributed by atoms with van der Waals surface area (Å²) in [5.41, 5.74) is 3.07. The fourth-order valence-electron chi connectivity index (χ4n) is 4.27. The maximum atomic E-state index is 13.5. The molecule has 0 N–H and O–H groups in total. The molecule has 198 valence electrons. The third-order valence-electron chi connectivity index (χ3n) is 6.51. The standard InChI is InChI=1S/C26H30F3N5O3/c1-18-16-20(23-30-31-24(37-23)26(27,28)29)8-9-21(18)17-34(25(35)33-14-12-32(2)13-15-33)11-10-19-6-4-5-7-22(19)36-3/h4-9,16H,10-15,17H2,1-3H3. The lowest BCUT2D eigenvalue weighted by molar-refractivity contribution is -0.156. The summed E-state index contributed by atoms with van der Waals surface area (Å²) in [6.07, 6.45) is -4.09. The van der Waals surface area contributed by atoms with Crippen LogP contribution >= 0.6 is 0 Å². The molecule has 4 rings (SSSR count). The van der Waals surface area contributed by atoms with Crippen LogP contribution in [0.15, 0.2) is 46.9 Å². The number of methoxy groups -OCH3 is 1. The van der Waals surface area contributed by atoms with E-state index in [0.29, 0.717) is 38.2 Å². The van der Waals surface area contributed by atoms with Crippen molar-refractivity contribution in [3.8, 4) is 17.2 Å². The van der Waals surface area contributed by atoms with Crippen LogP contribution in [0.1, 0.15) is 22.6 Å². The van der Waals surface area contributed by atoms with Gasteiger partial charge < -0.3 is 23.9 Å². The van der Waals surface area contributed by atoms with Crippen molar-refractivity contribution in [2.45, 2.75) is 26.1 Å². The normalized spacial score (nSPS) is 14.6. The van der Waals surface area contributed by atoms with Crippen LogP contribution in [0.25, 0.3) is 11.5 Å². The summed E-state index contributed by atoms with van der Waals surface area (Å²) in [5.74, 6) is -0.819. The molecule has 1 aliphatic heterocycles. The van der Waals surface area contributed by atoms with E-state index in [1.54, 1.807) is 25.3 Å². The van der Waals surface area contributed by atoms with Gasteiger partial charge in [0.2, 0.25) is 5.89 Å². The van der Waals surface area contributed by atoms with E-state index in [4.69, 9.17) is 9.15 Å². The summed E-state index contributed by atoms with van der Waals surface area (Å²) in [6.45, 7) is 5.59. The molecule has 8 nitrogen and oxygen atoms in total. The number of urea groups is 1. The third-order valence-corrected chi connectivity index (χ3v) is 6.51. The zero-order chi connectivity index (χ0) is 26.6. The van der Waals surface area contributed by atoms with Crippen molar-refractivity contribution < 1.29 is 27.1 Å². The van der Waals surface area contributed by atoms with Crippen molar-refractivity contribution >= 4 is 6.03 Å². The van der Waals surface area contributed by atoms with Crippen LogP contribution in [0.2, 0.25) is 0 Å². The van der Waals surface area contributed by atoms with Crippen molar-refractivity contribution in [1.29, 1.82) is 0 Å². The van der Waals surface area contributed by atoms with Gasteiger partial charge in [0, 0.05) is 44.8 Å². The number of carbonyl (C=O) groups is 1. The number of piperazine rings is 1. The molecule has 0 atom stereocenters. The number of rotatable bonds is 7. The van der Waals surface area contributed by atoms with Crippen molar-refractivity contribution in [3.63, 3.8) is 0 Å². The largest absolute Gasteiger partial charge is 0.496 e. The minimum Gasteiger partial charge on any atom is -0.496 e. The first-order valence-electron chi connectivity index (χ1n) is 12.0. The highest BCUT2D eigenvalue weighted by molar-refractivity contribution is 5.75. The summed E-state index contributed by atoms with van der Waals surface area (Å²) in [6, 6.07) is 12.8. The highest BCUT2D eigenvalue weighted by atomic mass is 19.4. The van der Waals surface area contributed by atoms with E-state index < -0.39 is 12.1 Å². The minimum atomic E-state index is -4.70. The zero-order valence-corrected chi connectivity index (χ0v) is 21.1. The van der Waals surface area contributed by atoms with Crippen LogP contribution in [0.5, 0.6) is 5.75 Å². The fourth-order valence-corrected chi connectivity index (χ4v) is 4.27. The number of alkyl halides is 3. The van der Waals surface area contributed by atoms with Gasteiger partial charge >= 0.3 is 18.1 Å². The molecule has 1 fully saturated rings. The Balaban J connectivity index is 1.54. The maximum Gasteiger partial charge on any atom is 0.470 e. The van der Waals surface area contributed by atoms with Crippen LogP contribution in [0.3, 0.4) is 0 Å². The molecule has 2 heterocycles. The van der Waals surface area contributed by atoms with Gasteiger partial charge in [-0.3, -0.25) is 0 Å². The van der Waals surface area contributed by atoms with Crippen molar-refractivity contribution in [2.24, 2.45) is 0 Å². The van der Waals surface area contributed by atoms with Crippen LogP contribution in [0, 0.1) is 6.92 Å². The number of ether oxygens (including phenoxy) is 1. The van der Waals surface area contributed by atoms with Crippen LogP contribution in [-0.2, 0) is 19.1 Å². The Morgan fingerprint density at radius 2 is 1.81 bits per heavy atom. The monoisotopic (exact) mass is 517 g/mol. The maximum absolute atomic E-state index is 13.5. The first-order chi connectivity index (χ1) is 17.7. The van der Waals surface area contributed by atoms with E-state index >= 15 is 0 Å². The van der Waals surface area contributed by atoms with E-state index in [1.807, 2.05) is 48.0 Å². The number of carbonyl (C=O) groups excluding carboxylic acids is 1. The molecule has 0 unspecified atom stereocenters. The molecule has 1 aliphatic rings. The number of aromatic nitrogens is 2. The SMILES string of the molecule is COc1ccccc1CCN(Cc1ccc(-c2nnc(C(F)(F)F)o2)cc1C)C(=O)N1CCN(C)CC1. The Morgan fingerprint density at radius 3 is 2.46 bits per heavy atom. The Kier molecular flexibility index (Phi) is 8.01. The van der Waals surface area contributed by atoms with Gasteiger partial charge in [-0.1, -0.05) is 24.3 Å². The van der Waals surface area contributed by atoms with E-state index in [9.17, 15) is 18.0 Å². The average molecular weight is 518 g/mol. The fraction of sp³-hybridized carbons (Fsp3) is 0.423. The number of para-hydroxylation sites is 1. The van der Waals surface area contributed by atoms with Crippen molar-refractivity contribution in [3.05, 3.63) is 65.0 Å². The molecule has 37 heavy (non-hydrogen) atoms. The number of hydrogen-bond acceptors (Lipinski definition) is 6. The smallest absolute Gasteiger partial charge is 0.470 e. The number of hydrogen-bond donors (Lipinski definition) is 0. The lowest BCUT2D eigenvalue weighted by atomic mass is 10.0. The second-order valence-corrected chi connectivity index (χ2v) is 9.11. The second kappa shape index (κ2) is 11.2. The number of halogens is 3. The molecule has 1 saturated heterocycles. The first-order valence-corrected chi connectivity index (χ1v) is 12.0. The molecule has 2 amide bonds. The molecule has 0 saturated carbocycles. The molecule has 3 aromatic rings. The van der Waals surface area contributed by atoms with Gasteiger partial charge in [0.05, 0.1) is 7.11 Å². The summed E-state index contributed by atoms with van der Waals surface area (Å²) in [4.78, 5) is 19.4. The lowest BCUT2D eigenvalue weighted by Gasteiger charge is -2.36. The molecule has 1 aromatic heterocycles. The topological polar surface area (TPSA) is 74.9 Å². The van der Waals surface area contributed by atoms with Gasteiger partial charge in [0.25, 0.3) is 0 Å². The number of nitrogens with zero attached hydrogens (tertiary/aromatic N) is 5. The molecule has 0 radical (unpaired) electrons. The molecule has 11 heteroatoms. The summed E-state index contributed by atoms with van der Waals surface area (Å²) in [7, 11) is 3.66. The Hall–Kier alpha value is -3.60. The van der Waals surface area contributed by atoms with Crippen molar-refractivity contribution in [1.82, 2.24) is 24.9 Å². The van der Waals surface area contributed by atoms with Crippen LogP contribution < -0.4 is 4.74 Å². The van der Waals surface area contributed by atoms with Gasteiger partial charge in [-0.2, -0.15) is 13.2 Å². The van der Waals surface area contributed by atoms with E-state index in [-0.39, 0.29) is 11.9 Å². The average Bonchev–Trinajstić information content (AvgIpc) is 3.39. The highest BCUT2D eigenvalue weighted by Crippen LogP contribution is 2.31. The van der Waals surface area contributed by atoms with E-state index in [0.717, 1.165) is 35.5 Å². The Labute approximate surface area is 213 Å². The van der Waals surface area contributed by atoms with Gasteiger partial charge in [-0.15, -0.1) is 10.2 Å². The molecular weight excluding hydrogens is 487 g/mol. The summed E-state index contributed by atoms with van der Waals surface area (Å²) in [5, 5.41) is 6.63. The summed E-state index contributed by atoms with van der Waals surface area (Å²) >= 11 is 0. The Bertz CT molecular complexity index is 1220. The highest BCUT2D eigenvalue weighted by Gasteiger charge is 2.38. The molecule has 2 aromatic carbocycles. The van der Waals surface area contributed by atoms with Gasteiger partial charge in [0.1, 0.15) is 5.75 Å². The Morgan fingerprint density at radius 1 is 1.08 bits per heavy atom.